The normalized spacial score (nSPS) is 15.0. The maximum Gasteiger partial charge on any atom is 0.310 e. The molecular weight excluding hydrogens is 528 g/mol. The zero-order valence-corrected chi connectivity index (χ0v) is 25.8. The third kappa shape index (κ3) is 5.38. The van der Waals surface area contributed by atoms with E-state index in [-0.39, 0.29) is 35.6 Å². The summed E-state index contributed by atoms with van der Waals surface area (Å²) in [5.41, 5.74) is 8.60. The van der Waals surface area contributed by atoms with Gasteiger partial charge in [-0.25, -0.2) is 0 Å². The first kappa shape index (κ1) is 29.3. The largest absolute Gasteiger partial charge is 0.469 e. The van der Waals surface area contributed by atoms with Crippen molar-refractivity contribution >= 4 is 46.2 Å². The Hall–Kier alpha value is -4.20. The minimum absolute atomic E-state index is 0.163. The molecular formula is C34H40N4O4. The number of hydrogen-bond donors (Lipinski definition) is 2. The first-order chi connectivity index (χ1) is 19.9. The Balaban J connectivity index is 1.97. The number of aromatic amines is 2. The molecule has 3 aromatic rings. The van der Waals surface area contributed by atoms with Crippen LogP contribution in [0, 0.1) is 0 Å². The minimum Gasteiger partial charge on any atom is -0.469 e. The van der Waals surface area contributed by atoms with Crippen LogP contribution in [0.15, 0.2) is 24.3 Å². The third-order valence-electron chi connectivity index (χ3n) is 8.36. The van der Waals surface area contributed by atoms with Crippen molar-refractivity contribution in [2.45, 2.75) is 78.1 Å². The second kappa shape index (κ2) is 10.9. The third-order valence-corrected chi connectivity index (χ3v) is 8.36. The fraction of sp³-hybridized carbons (Fsp3) is 0.412. The SMILES string of the molecule is CCc1c(CC(=O)OC)c2cc3nc(cc4[nH]c(cc5nc(cc1[nH]2)C(C)(C)C=5)c(CC(=O)OC)c4CC)C(C)(C)C=3. The first-order valence-corrected chi connectivity index (χ1v) is 14.5. The highest BCUT2D eigenvalue weighted by Gasteiger charge is 2.26. The van der Waals surface area contributed by atoms with Crippen LogP contribution >= 0.6 is 0 Å². The van der Waals surface area contributed by atoms with Crippen molar-refractivity contribution in [3.63, 3.8) is 0 Å². The van der Waals surface area contributed by atoms with Crippen LogP contribution in [0.5, 0.6) is 0 Å². The lowest BCUT2D eigenvalue weighted by atomic mass is 9.90. The predicted octanol–water partition coefficient (Wildman–Crippen LogP) is 4.39. The molecule has 0 radical (unpaired) electrons. The van der Waals surface area contributed by atoms with Gasteiger partial charge in [-0.1, -0.05) is 41.5 Å². The molecule has 0 atom stereocenters. The van der Waals surface area contributed by atoms with E-state index >= 15 is 0 Å². The summed E-state index contributed by atoms with van der Waals surface area (Å²) in [6.07, 6.45) is 6.08. The van der Waals surface area contributed by atoms with Crippen LogP contribution in [0.2, 0.25) is 0 Å². The molecule has 0 saturated carbocycles. The Bertz CT molecular complexity index is 1740. The zero-order valence-electron chi connectivity index (χ0n) is 25.8. The van der Waals surface area contributed by atoms with E-state index in [1.165, 1.54) is 14.2 Å². The fourth-order valence-electron chi connectivity index (χ4n) is 6.05. The van der Waals surface area contributed by atoms with Crippen LogP contribution in [0.3, 0.4) is 0 Å². The quantitative estimate of drug-likeness (QED) is 0.427. The lowest BCUT2D eigenvalue weighted by Gasteiger charge is -2.13. The average molecular weight is 569 g/mol. The summed E-state index contributed by atoms with van der Waals surface area (Å²) in [5.74, 6) is -0.577. The Kier molecular flexibility index (Phi) is 7.60. The Morgan fingerprint density at radius 2 is 1.00 bits per heavy atom. The number of esters is 2. The van der Waals surface area contributed by atoms with Crippen LogP contribution in [0.25, 0.3) is 34.2 Å². The maximum atomic E-state index is 12.5. The molecule has 3 aromatic heterocycles. The van der Waals surface area contributed by atoms with E-state index in [0.717, 1.165) is 79.2 Å². The average Bonchev–Trinajstić information content (AvgIpc) is 3.60. The van der Waals surface area contributed by atoms with Crippen molar-refractivity contribution < 1.29 is 19.1 Å². The van der Waals surface area contributed by atoms with Crippen molar-refractivity contribution in [1.82, 2.24) is 19.9 Å². The van der Waals surface area contributed by atoms with Gasteiger partial charge in [-0.3, -0.25) is 19.6 Å². The zero-order chi connectivity index (χ0) is 30.4. The number of carbonyl (C=O) groups excluding carboxylic acids is 2. The number of rotatable bonds is 6. The van der Waals surface area contributed by atoms with Crippen LogP contribution in [0.4, 0.5) is 0 Å². The molecule has 0 aromatic carbocycles. The molecule has 220 valence electrons. The van der Waals surface area contributed by atoms with Crippen molar-refractivity contribution in [3.05, 3.63) is 68.6 Å². The number of hydrogen-bond acceptors (Lipinski definition) is 6. The first-order valence-electron chi connectivity index (χ1n) is 14.5. The Labute approximate surface area is 245 Å². The maximum absolute atomic E-state index is 12.5. The summed E-state index contributed by atoms with van der Waals surface area (Å²) in [6.45, 7) is 12.7. The van der Waals surface area contributed by atoms with Gasteiger partial charge in [-0.2, -0.15) is 0 Å². The van der Waals surface area contributed by atoms with Crippen LogP contribution in [-0.2, 0) is 55.6 Å². The van der Waals surface area contributed by atoms with Gasteiger partial charge in [0.1, 0.15) is 0 Å². The second-order valence-electron chi connectivity index (χ2n) is 12.2. The number of carbonyl (C=O) groups is 2. The summed E-state index contributed by atoms with van der Waals surface area (Å²) in [7, 11) is 2.83. The van der Waals surface area contributed by atoms with Gasteiger partial charge in [-0.05, 0) is 71.5 Å². The van der Waals surface area contributed by atoms with Gasteiger partial charge in [0, 0.05) is 32.9 Å². The Morgan fingerprint density at radius 1 is 0.643 bits per heavy atom. The summed E-state index contributed by atoms with van der Waals surface area (Å²) in [6, 6.07) is 8.21. The number of nitrogens with zero attached hydrogens (tertiary/aromatic N) is 2. The number of ether oxygens (including phenoxy) is 2. The van der Waals surface area contributed by atoms with Crippen LogP contribution in [-0.4, -0.2) is 46.1 Å². The Morgan fingerprint density at radius 3 is 1.33 bits per heavy atom. The van der Waals surface area contributed by atoms with Crippen molar-refractivity contribution in [1.29, 1.82) is 0 Å². The number of methoxy groups -OCH3 is 2. The van der Waals surface area contributed by atoms with Gasteiger partial charge >= 0.3 is 11.9 Å². The summed E-state index contributed by atoms with van der Waals surface area (Å²) < 4.78 is 10.1. The molecule has 0 spiro atoms. The van der Waals surface area contributed by atoms with Gasteiger partial charge in [0.15, 0.2) is 0 Å². The number of aromatic nitrogens is 4. The van der Waals surface area contributed by atoms with E-state index in [0.29, 0.717) is 0 Å². The molecule has 2 aliphatic rings. The molecule has 42 heavy (non-hydrogen) atoms. The topological polar surface area (TPSA) is 110 Å². The molecule has 0 fully saturated rings. The van der Waals surface area contributed by atoms with Gasteiger partial charge in [0.2, 0.25) is 0 Å². The molecule has 0 saturated heterocycles. The van der Waals surface area contributed by atoms with E-state index in [1.807, 2.05) is 12.1 Å². The highest BCUT2D eigenvalue weighted by Crippen LogP contribution is 2.31. The standard InChI is InChI=1S/C34H40N4O4/c1-9-21-23(13-31(39)41-7)25-11-19-17-34(5,6)30(36-19)16-28-22(10-2)24(14-32(40)42-8)26(38-28)12-20-18-33(3,4)29(35-20)15-27(21)37-25/h11-12,15-18,37-38H,9-10,13-14H2,1-8H3. The number of fused-ring (bicyclic) bond motifs is 8. The lowest BCUT2D eigenvalue weighted by molar-refractivity contribution is -0.140. The highest BCUT2D eigenvalue weighted by molar-refractivity contribution is 5.83. The molecule has 8 nitrogen and oxygen atoms in total. The van der Waals surface area contributed by atoms with Gasteiger partial charge in [-0.15, -0.1) is 0 Å². The lowest BCUT2D eigenvalue weighted by Crippen LogP contribution is -2.10. The predicted molar refractivity (Wildman–Crippen MR) is 165 cm³/mol. The summed E-state index contributed by atoms with van der Waals surface area (Å²) in [5, 5.41) is 1.63. The van der Waals surface area contributed by atoms with E-state index in [2.05, 4.69) is 75.8 Å². The summed E-state index contributed by atoms with van der Waals surface area (Å²) >= 11 is 0. The van der Waals surface area contributed by atoms with Crippen molar-refractivity contribution in [3.8, 4) is 0 Å². The van der Waals surface area contributed by atoms with E-state index in [4.69, 9.17) is 19.4 Å². The van der Waals surface area contributed by atoms with Gasteiger partial charge < -0.3 is 19.4 Å². The van der Waals surface area contributed by atoms with E-state index < -0.39 is 0 Å². The fourth-order valence-corrected chi connectivity index (χ4v) is 6.05. The minimum atomic E-state index is -0.337. The second-order valence-corrected chi connectivity index (χ2v) is 12.2. The van der Waals surface area contributed by atoms with Crippen LogP contribution in [0.1, 0.15) is 75.2 Å². The van der Waals surface area contributed by atoms with Gasteiger partial charge in [0.05, 0.1) is 49.1 Å². The van der Waals surface area contributed by atoms with Gasteiger partial charge in [0.25, 0.3) is 0 Å². The molecule has 8 bridgehead atoms. The number of H-pyrrole nitrogens is 2. The molecule has 5 heterocycles. The smallest absolute Gasteiger partial charge is 0.310 e. The molecule has 2 N–H and O–H groups in total. The molecule has 8 heteroatoms. The molecule has 0 amide bonds. The van der Waals surface area contributed by atoms with E-state index in [9.17, 15) is 9.59 Å². The monoisotopic (exact) mass is 568 g/mol. The number of aryl methyl sites for hydroxylation is 2. The highest BCUT2D eigenvalue weighted by atomic mass is 16.5. The van der Waals surface area contributed by atoms with Crippen LogP contribution < -0.4 is 10.7 Å². The van der Waals surface area contributed by atoms with Crippen molar-refractivity contribution in [2.24, 2.45) is 0 Å². The molecule has 0 aliphatic carbocycles. The summed E-state index contributed by atoms with van der Waals surface area (Å²) in [4.78, 5) is 42.2. The molecule has 0 unspecified atom stereocenters. The van der Waals surface area contributed by atoms with Crippen molar-refractivity contribution in [2.75, 3.05) is 14.2 Å². The number of nitrogens with one attached hydrogen (secondary N) is 2. The molecule has 5 rings (SSSR count). The molecule has 2 aliphatic heterocycles. The van der Waals surface area contributed by atoms with E-state index in [1.54, 1.807) is 0 Å².